The molecule has 78 valence electrons. The molecule has 1 saturated heterocycles. The van der Waals surface area contributed by atoms with E-state index in [0.29, 0.717) is 0 Å². The van der Waals surface area contributed by atoms with Crippen molar-refractivity contribution in [2.24, 2.45) is 5.73 Å². The fraction of sp³-hybridized carbons (Fsp3) is 1.00. The van der Waals surface area contributed by atoms with Crippen molar-refractivity contribution in [1.82, 2.24) is 4.90 Å². The summed E-state index contributed by atoms with van der Waals surface area (Å²) in [5.74, 6) is 0. The van der Waals surface area contributed by atoms with Gasteiger partial charge in [0, 0.05) is 5.54 Å². The molecule has 0 aromatic heterocycles. The third-order valence-electron chi connectivity index (χ3n) is 3.08. The van der Waals surface area contributed by atoms with Crippen molar-refractivity contribution in [2.45, 2.75) is 51.5 Å². The third kappa shape index (κ3) is 4.10. The van der Waals surface area contributed by atoms with Gasteiger partial charge in [0.1, 0.15) is 0 Å². The average molecular weight is 184 g/mol. The van der Waals surface area contributed by atoms with Crippen LogP contribution < -0.4 is 5.73 Å². The van der Waals surface area contributed by atoms with Crippen LogP contribution in [-0.2, 0) is 0 Å². The van der Waals surface area contributed by atoms with Crippen LogP contribution in [0.15, 0.2) is 0 Å². The van der Waals surface area contributed by atoms with E-state index in [4.69, 9.17) is 5.73 Å². The van der Waals surface area contributed by atoms with Crippen LogP contribution in [-0.4, -0.2) is 30.1 Å². The van der Waals surface area contributed by atoms with E-state index in [1.807, 2.05) is 0 Å². The zero-order valence-corrected chi connectivity index (χ0v) is 9.18. The molecule has 0 radical (unpaired) electrons. The molecule has 0 saturated carbocycles. The minimum atomic E-state index is 0.112. The second-order valence-electron chi connectivity index (χ2n) is 4.70. The highest BCUT2D eigenvalue weighted by molar-refractivity contribution is 4.85. The zero-order valence-electron chi connectivity index (χ0n) is 9.18. The molecule has 2 nitrogen and oxygen atoms in total. The summed E-state index contributed by atoms with van der Waals surface area (Å²) in [5, 5.41) is 0. The molecule has 0 aromatic rings. The molecule has 1 rings (SSSR count). The van der Waals surface area contributed by atoms with Crippen LogP contribution in [0.25, 0.3) is 0 Å². The number of likely N-dealkylation sites (tertiary alicyclic amines) is 1. The van der Waals surface area contributed by atoms with Crippen molar-refractivity contribution in [2.75, 3.05) is 19.6 Å². The molecule has 0 aromatic carbocycles. The lowest BCUT2D eigenvalue weighted by Gasteiger charge is -2.36. The van der Waals surface area contributed by atoms with Crippen LogP contribution >= 0.6 is 0 Å². The van der Waals surface area contributed by atoms with Gasteiger partial charge in [0.25, 0.3) is 0 Å². The summed E-state index contributed by atoms with van der Waals surface area (Å²) in [5.41, 5.74) is 6.18. The first-order valence-corrected chi connectivity index (χ1v) is 5.65. The monoisotopic (exact) mass is 184 g/mol. The number of nitrogens with zero attached hydrogens (tertiary/aromatic N) is 1. The molecule has 1 aliphatic rings. The molecule has 1 heterocycles. The number of nitrogens with two attached hydrogens (primary N) is 1. The van der Waals surface area contributed by atoms with Crippen LogP contribution in [0.5, 0.6) is 0 Å². The highest BCUT2D eigenvalue weighted by atomic mass is 15.1. The zero-order chi connectivity index (χ0) is 9.73. The highest BCUT2D eigenvalue weighted by Gasteiger charge is 2.24. The van der Waals surface area contributed by atoms with Crippen molar-refractivity contribution >= 4 is 0 Å². The molecule has 0 amide bonds. The van der Waals surface area contributed by atoms with E-state index in [1.54, 1.807) is 0 Å². The maximum Gasteiger partial charge on any atom is 0.0150 e. The van der Waals surface area contributed by atoms with E-state index in [-0.39, 0.29) is 5.54 Å². The normalized spacial score (nSPS) is 23.3. The Morgan fingerprint density at radius 2 is 1.85 bits per heavy atom. The van der Waals surface area contributed by atoms with Crippen molar-refractivity contribution in [3.05, 3.63) is 0 Å². The van der Waals surface area contributed by atoms with Gasteiger partial charge in [0.15, 0.2) is 0 Å². The fourth-order valence-electron chi connectivity index (χ4n) is 1.87. The first kappa shape index (κ1) is 11.0. The van der Waals surface area contributed by atoms with Crippen LogP contribution in [0.4, 0.5) is 0 Å². The minimum Gasteiger partial charge on any atom is -0.325 e. The molecule has 2 N–H and O–H groups in total. The predicted octanol–water partition coefficient (Wildman–Crippen LogP) is 1.99. The van der Waals surface area contributed by atoms with Crippen LogP contribution in [0.1, 0.15) is 46.0 Å². The van der Waals surface area contributed by atoms with Crippen LogP contribution in [0, 0.1) is 0 Å². The second-order valence-corrected chi connectivity index (χ2v) is 4.70. The molecular weight excluding hydrogens is 160 g/mol. The van der Waals surface area contributed by atoms with E-state index >= 15 is 0 Å². The van der Waals surface area contributed by atoms with E-state index in [2.05, 4.69) is 18.7 Å². The van der Waals surface area contributed by atoms with Crippen molar-refractivity contribution in [1.29, 1.82) is 0 Å². The Kier molecular flexibility index (Phi) is 4.20. The number of hydrogen-bond acceptors (Lipinski definition) is 2. The average Bonchev–Trinajstić information content (AvgIpc) is 2.08. The molecular formula is C11H24N2. The van der Waals surface area contributed by atoms with Gasteiger partial charge in [-0.05, 0) is 45.8 Å². The van der Waals surface area contributed by atoms with Gasteiger partial charge in [-0.3, -0.25) is 0 Å². The maximum absolute atomic E-state index is 6.07. The Hall–Kier alpha value is -0.0800. The second kappa shape index (κ2) is 4.97. The Labute approximate surface area is 82.5 Å². The van der Waals surface area contributed by atoms with Gasteiger partial charge < -0.3 is 10.6 Å². The largest absolute Gasteiger partial charge is 0.325 e. The maximum atomic E-state index is 6.07. The lowest BCUT2D eigenvalue weighted by Crippen LogP contribution is -2.48. The lowest BCUT2D eigenvalue weighted by atomic mass is 9.91. The molecule has 0 aliphatic carbocycles. The Bertz CT molecular complexity index is 133. The van der Waals surface area contributed by atoms with Crippen molar-refractivity contribution in [3.63, 3.8) is 0 Å². The summed E-state index contributed by atoms with van der Waals surface area (Å²) in [6, 6.07) is 0. The Balaban J connectivity index is 2.11. The van der Waals surface area contributed by atoms with Crippen molar-refractivity contribution in [3.8, 4) is 0 Å². The SMILES string of the molecule is CCCCCN1CCC(C)(N)CC1. The molecule has 1 aliphatic heterocycles. The van der Waals surface area contributed by atoms with Crippen molar-refractivity contribution < 1.29 is 0 Å². The summed E-state index contributed by atoms with van der Waals surface area (Å²) in [6.07, 6.45) is 6.38. The molecule has 2 heteroatoms. The van der Waals surface area contributed by atoms with Gasteiger partial charge in [-0.2, -0.15) is 0 Å². The highest BCUT2D eigenvalue weighted by Crippen LogP contribution is 2.18. The number of rotatable bonds is 4. The smallest absolute Gasteiger partial charge is 0.0150 e. The fourth-order valence-corrected chi connectivity index (χ4v) is 1.87. The van der Waals surface area contributed by atoms with Gasteiger partial charge in [-0.15, -0.1) is 0 Å². The molecule has 1 fully saturated rings. The standard InChI is InChI=1S/C11H24N2/c1-3-4-5-8-13-9-6-11(2,12)7-10-13/h3-10,12H2,1-2H3. The number of unbranched alkanes of at least 4 members (excludes halogenated alkanes) is 2. The summed E-state index contributed by atoms with van der Waals surface area (Å²) < 4.78 is 0. The van der Waals surface area contributed by atoms with Crippen LogP contribution in [0.3, 0.4) is 0 Å². The summed E-state index contributed by atoms with van der Waals surface area (Å²) >= 11 is 0. The quantitative estimate of drug-likeness (QED) is 0.677. The van der Waals surface area contributed by atoms with E-state index in [0.717, 1.165) is 0 Å². The topological polar surface area (TPSA) is 29.3 Å². The summed E-state index contributed by atoms with van der Waals surface area (Å²) in [7, 11) is 0. The predicted molar refractivity (Wildman–Crippen MR) is 57.8 cm³/mol. The van der Waals surface area contributed by atoms with E-state index in [1.165, 1.54) is 51.7 Å². The van der Waals surface area contributed by atoms with Crippen LogP contribution in [0.2, 0.25) is 0 Å². The Morgan fingerprint density at radius 3 is 2.38 bits per heavy atom. The van der Waals surface area contributed by atoms with E-state index in [9.17, 15) is 0 Å². The summed E-state index contributed by atoms with van der Waals surface area (Å²) in [6.45, 7) is 8.13. The molecule has 13 heavy (non-hydrogen) atoms. The number of piperidine rings is 1. The van der Waals surface area contributed by atoms with Gasteiger partial charge >= 0.3 is 0 Å². The Morgan fingerprint density at radius 1 is 1.23 bits per heavy atom. The third-order valence-corrected chi connectivity index (χ3v) is 3.08. The summed E-state index contributed by atoms with van der Waals surface area (Å²) in [4.78, 5) is 2.56. The van der Waals surface area contributed by atoms with Gasteiger partial charge in [-0.1, -0.05) is 19.8 Å². The molecule has 0 unspecified atom stereocenters. The lowest BCUT2D eigenvalue weighted by molar-refractivity contribution is 0.169. The van der Waals surface area contributed by atoms with E-state index < -0.39 is 0 Å². The minimum absolute atomic E-state index is 0.112. The first-order chi connectivity index (χ1) is 6.14. The molecule has 0 atom stereocenters. The van der Waals surface area contributed by atoms with Gasteiger partial charge in [0.2, 0.25) is 0 Å². The molecule has 0 bridgehead atoms. The van der Waals surface area contributed by atoms with Gasteiger partial charge in [0.05, 0.1) is 0 Å². The number of hydrogen-bond donors (Lipinski definition) is 1. The van der Waals surface area contributed by atoms with Gasteiger partial charge in [-0.25, -0.2) is 0 Å². The molecule has 0 spiro atoms. The first-order valence-electron chi connectivity index (χ1n) is 5.65.